The number of morpholine rings is 1. The lowest BCUT2D eigenvalue weighted by atomic mass is 10.4. The van der Waals surface area contributed by atoms with Gasteiger partial charge in [0.25, 0.3) is 0 Å². The Morgan fingerprint density at radius 3 is 2.76 bits per heavy atom. The van der Waals surface area contributed by atoms with Gasteiger partial charge >= 0.3 is 0 Å². The van der Waals surface area contributed by atoms with Gasteiger partial charge in [-0.25, -0.2) is 0 Å². The molecule has 116 valence electrons. The van der Waals surface area contributed by atoms with Gasteiger partial charge in [-0.2, -0.15) is 0 Å². The molecule has 3 heterocycles. The van der Waals surface area contributed by atoms with E-state index in [4.69, 9.17) is 17.0 Å². The quantitative estimate of drug-likeness (QED) is 0.757. The van der Waals surface area contributed by atoms with Crippen molar-refractivity contribution in [1.29, 1.82) is 0 Å². The Bertz CT molecular complexity index is 448. The van der Waals surface area contributed by atoms with Crippen LogP contribution < -0.4 is 0 Å². The maximum absolute atomic E-state index is 5.50. The lowest BCUT2D eigenvalue weighted by Crippen LogP contribution is -2.48. The van der Waals surface area contributed by atoms with Gasteiger partial charge in [0.15, 0.2) is 0 Å². The molecule has 0 spiro atoms. The fourth-order valence-electron chi connectivity index (χ4n) is 2.53. The Morgan fingerprint density at radius 1 is 1.19 bits per heavy atom. The molecule has 2 fully saturated rings. The van der Waals surface area contributed by atoms with Crippen LogP contribution in [0.25, 0.3) is 0 Å². The standard InChI is InChI=1S/C14H21N3OS3/c19-14-17(10-13-2-1-9-20-13)11-16(12-21-14)4-3-15-5-7-18-8-6-15/h1-2,9H,3-8,10-12H2. The predicted molar refractivity (Wildman–Crippen MR) is 93.8 cm³/mol. The maximum atomic E-state index is 5.50. The van der Waals surface area contributed by atoms with E-state index in [0.717, 1.165) is 62.8 Å². The molecule has 0 unspecified atom stereocenters. The summed E-state index contributed by atoms with van der Waals surface area (Å²) in [6.07, 6.45) is 0. The van der Waals surface area contributed by atoms with Gasteiger partial charge in [-0.1, -0.05) is 30.0 Å². The lowest BCUT2D eigenvalue weighted by Gasteiger charge is -2.37. The van der Waals surface area contributed by atoms with Gasteiger partial charge in [0, 0.05) is 31.1 Å². The molecule has 2 aliphatic heterocycles. The Labute approximate surface area is 140 Å². The van der Waals surface area contributed by atoms with Crippen LogP contribution >= 0.6 is 35.3 Å². The topological polar surface area (TPSA) is 19.0 Å². The number of ether oxygens (including phenoxy) is 1. The first-order valence-electron chi connectivity index (χ1n) is 7.28. The van der Waals surface area contributed by atoms with E-state index in [9.17, 15) is 0 Å². The number of rotatable bonds is 5. The van der Waals surface area contributed by atoms with Crippen molar-refractivity contribution in [2.24, 2.45) is 0 Å². The van der Waals surface area contributed by atoms with E-state index in [1.807, 2.05) is 0 Å². The van der Waals surface area contributed by atoms with Crippen LogP contribution in [0.4, 0.5) is 0 Å². The molecule has 4 nitrogen and oxygen atoms in total. The van der Waals surface area contributed by atoms with Crippen LogP contribution in [0, 0.1) is 0 Å². The second kappa shape index (κ2) is 7.89. The van der Waals surface area contributed by atoms with Crippen molar-refractivity contribution in [2.45, 2.75) is 6.54 Å². The molecule has 1 aromatic heterocycles. The normalized spacial score (nSPS) is 21.9. The van der Waals surface area contributed by atoms with Crippen LogP contribution in [0.2, 0.25) is 0 Å². The number of nitrogens with zero attached hydrogens (tertiary/aromatic N) is 3. The van der Waals surface area contributed by atoms with E-state index in [1.165, 1.54) is 4.88 Å². The smallest absolute Gasteiger partial charge is 0.139 e. The predicted octanol–water partition coefficient (Wildman–Crippen LogP) is 2.13. The van der Waals surface area contributed by atoms with Crippen molar-refractivity contribution in [2.75, 3.05) is 51.9 Å². The highest BCUT2D eigenvalue weighted by atomic mass is 32.2. The molecule has 0 N–H and O–H groups in total. The van der Waals surface area contributed by atoms with Gasteiger partial charge in [-0.05, 0) is 11.4 Å². The highest BCUT2D eigenvalue weighted by Gasteiger charge is 2.22. The van der Waals surface area contributed by atoms with Crippen molar-refractivity contribution >= 4 is 39.6 Å². The Morgan fingerprint density at radius 2 is 2.00 bits per heavy atom. The molecule has 0 radical (unpaired) electrons. The zero-order valence-electron chi connectivity index (χ0n) is 12.1. The Kier molecular flexibility index (Phi) is 5.90. The molecule has 1 aromatic rings. The minimum Gasteiger partial charge on any atom is -0.379 e. The zero-order chi connectivity index (χ0) is 14.5. The van der Waals surface area contributed by atoms with Crippen LogP contribution in [0.1, 0.15) is 4.88 Å². The van der Waals surface area contributed by atoms with E-state index in [1.54, 1.807) is 23.1 Å². The highest BCUT2D eigenvalue weighted by molar-refractivity contribution is 8.22. The molecule has 2 aliphatic rings. The van der Waals surface area contributed by atoms with Gasteiger partial charge in [0.1, 0.15) is 4.32 Å². The Balaban J connectivity index is 1.47. The first-order valence-corrected chi connectivity index (χ1v) is 9.55. The van der Waals surface area contributed by atoms with Crippen molar-refractivity contribution < 1.29 is 4.74 Å². The van der Waals surface area contributed by atoms with E-state index in [-0.39, 0.29) is 0 Å². The molecule has 21 heavy (non-hydrogen) atoms. The van der Waals surface area contributed by atoms with Crippen LogP contribution in [0.5, 0.6) is 0 Å². The number of hydrogen-bond donors (Lipinski definition) is 0. The largest absolute Gasteiger partial charge is 0.379 e. The molecular formula is C14H21N3OS3. The fraction of sp³-hybridized carbons (Fsp3) is 0.643. The van der Waals surface area contributed by atoms with Crippen molar-refractivity contribution in [1.82, 2.24) is 14.7 Å². The summed E-state index contributed by atoms with van der Waals surface area (Å²) in [5.41, 5.74) is 0. The second-order valence-electron chi connectivity index (χ2n) is 5.31. The number of thiophene rings is 1. The number of thioether (sulfide) groups is 1. The second-order valence-corrected chi connectivity index (χ2v) is 7.92. The van der Waals surface area contributed by atoms with Gasteiger partial charge in [-0.3, -0.25) is 9.80 Å². The van der Waals surface area contributed by atoms with Crippen LogP contribution in [0.3, 0.4) is 0 Å². The van der Waals surface area contributed by atoms with Gasteiger partial charge < -0.3 is 9.64 Å². The SMILES string of the molecule is S=C1SCN(CCN2CCOCC2)CN1Cc1cccs1. The van der Waals surface area contributed by atoms with E-state index < -0.39 is 0 Å². The summed E-state index contributed by atoms with van der Waals surface area (Å²) < 4.78 is 6.43. The molecule has 3 rings (SSSR count). The summed E-state index contributed by atoms with van der Waals surface area (Å²) in [4.78, 5) is 8.68. The minimum atomic E-state index is 0.878. The summed E-state index contributed by atoms with van der Waals surface area (Å²) in [7, 11) is 0. The lowest BCUT2D eigenvalue weighted by molar-refractivity contribution is 0.0324. The summed E-state index contributed by atoms with van der Waals surface area (Å²) in [5.74, 6) is 1.02. The van der Waals surface area contributed by atoms with Crippen LogP contribution in [-0.4, -0.2) is 71.0 Å². The van der Waals surface area contributed by atoms with Crippen LogP contribution in [0.15, 0.2) is 17.5 Å². The summed E-state index contributed by atoms with van der Waals surface area (Å²) >= 11 is 9.09. The molecule has 0 atom stereocenters. The average molecular weight is 344 g/mol. The van der Waals surface area contributed by atoms with Crippen molar-refractivity contribution in [3.05, 3.63) is 22.4 Å². The summed E-state index contributed by atoms with van der Waals surface area (Å²) in [5, 5.41) is 2.13. The number of hydrogen-bond acceptors (Lipinski definition) is 6. The van der Waals surface area contributed by atoms with E-state index in [2.05, 4.69) is 32.2 Å². The molecule has 2 saturated heterocycles. The van der Waals surface area contributed by atoms with Gasteiger partial charge in [-0.15, -0.1) is 11.3 Å². The van der Waals surface area contributed by atoms with Gasteiger partial charge in [0.2, 0.25) is 0 Å². The van der Waals surface area contributed by atoms with E-state index in [0.29, 0.717) is 0 Å². The first-order chi connectivity index (χ1) is 10.3. The zero-order valence-corrected chi connectivity index (χ0v) is 14.5. The summed E-state index contributed by atoms with van der Waals surface area (Å²) in [6.45, 7) is 8.02. The van der Waals surface area contributed by atoms with Crippen molar-refractivity contribution in [3.8, 4) is 0 Å². The summed E-state index contributed by atoms with van der Waals surface area (Å²) in [6, 6.07) is 4.29. The third kappa shape index (κ3) is 4.64. The molecule has 0 saturated carbocycles. The molecule has 0 aliphatic carbocycles. The molecule has 0 bridgehead atoms. The third-order valence-electron chi connectivity index (χ3n) is 3.76. The van der Waals surface area contributed by atoms with E-state index >= 15 is 0 Å². The van der Waals surface area contributed by atoms with Gasteiger partial charge in [0.05, 0.1) is 32.3 Å². The monoisotopic (exact) mass is 343 g/mol. The number of thiocarbonyl (C=S) groups is 1. The fourth-order valence-corrected chi connectivity index (χ4v) is 4.33. The minimum absolute atomic E-state index is 0.878. The first kappa shape index (κ1) is 15.7. The molecule has 7 heteroatoms. The third-order valence-corrected chi connectivity index (χ3v) is 6.23. The molecule has 0 amide bonds. The maximum Gasteiger partial charge on any atom is 0.139 e. The Hall–Kier alpha value is -0.180. The average Bonchev–Trinajstić information content (AvgIpc) is 3.02. The molecular weight excluding hydrogens is 322 g/mol. The van der Waals surface area contributed by atoms with Crippen molar-refractivity contribution in [3.63, 3.8) is 0 Å². The molecule has 0 aromatic carbocycles. The van der Waals surface area contributed by atoms with Crippen LogP contribution in [-0.2, 0) is 11.3 Å². The highest BCUT2D eigenvalue weighted by Crippen LogP contribution is 2.22.